The van der Waals surface area contributed by atoms with Crippen molar-refractivity contribution in [1.29, 1.82) is 0 Å². The Hall–Kier alpha value is -2.12. The number of methoxy groups -OCH3 is 1. The second kappa shape index (κ2) is 8.93. The number of carbonyl (C=O) groups excluding carboxylic acids is 1. The third kappa shape index (κ3) is 6.24. The Labute approximate surface area is 122 Å². The number of hydrogen-bond acceptors (Lipinski definition) is 5. The summed E-state index contributed by atoms with van der Waals surface area (Å²) in [6, 6.07) is 5.28. The SMILES string of the molecule is COCCCN[C@H](CC(=O)Nc1ccccc1O)C(=O)O. The van der Waals surface area contributed by atoms with Crippen LogP contribution in [-0.2, 0) is 14.3 Å². The first-order valence-electron chi connectivity index (χ1n) is 6.57. The molecule has 0 spiro atoms. The molecule has 0 aromatic heterocycles. The highest BCUT2D eigenvalue weighted by molar-refractivity contribution is 5.95. The third-order valence-electron chi connectivity index (χ3n) is 2.78. The topological polar surface area (TPSA) is 108 Å². The van der Waals surface area contributed by atoms with E-state index in [2.05, 4.69) is 10.6 Å². The molecule has 7 nitrogen and oxygen atoms in total. The Kier molecular flexibility index (Phi) is 7.20. The molecule has 4 N–H and O–H groups in total. The van der Waals surface area contributed by atoms with Crippen molar-refractivity contribution in [2.24, 2.45) is 0 Å². The molecule has 21 heavy (non-hydrogen) atoms. The van der Waals surface area contributed by atoms with Crippen LogP contribution in [-0.4, -0.2) is 48.4 Å². The minimum Gasteiger partial charge on any atom is -0.506 e. The van der Waals surface area contributed by atoms with Gasteiger partial charge in [0, 0.05) is 13.7 Å². The van der Waals surface area contributed by atoms with E-state index < -0.39 is 17.9 Å². The normalized spacial score (nSPS) is 11.9. The Balaban J connectivity index is 2.49. The van der Waals surface area contributed by atoms with Crippen molar-refractivity contribution in [2.45, 2.75) is 18.9 Å². The molecule has 0 saturated heterocycles. The lowest BCUT2D eigenvalue weighted by Crippen LogP contribution is -2.40. The lowest BCUT2D eigenvalue weighted by atomic mass is 10.2. The molecule has 1 rings (SSSR count). The van der Waals surface area contributed by atoms with Gasteiger partial charge in [-0.1, -0.05) is 12.1 Å². The minimum absolute atomic E-state index is 0.0641. The van der Waals surface area contributed by atoms with E-state index in [0.29, 0.717) is 19.6 Å². The molecule has 0 fully saturated rings. The highest BCUT2D eigenvalue weighted by Crippen LogP contribution is 2.21. The molecule has 0 aliphatic carbocycles. The van der Waals surface area contributed by atoms with Gasteiger partial charge in [-0.3, -0.25) is 9.59 Å². The largest absolute Gasteiger partial charge is 0.506 e. The fraction of sp³-hybridized carbons (Fsp3) is 0.429. The molecule has 0 bridgehead atoms. The summed E-state index contributed by atoms with van der Waals surface area (Å²) in [5.41, 5.74) is 0.256. The predicted octanol–water partition coefficient (Wildman–Crippen LogP) is 0.800. The number of ether oxygens (including phenoxy) is 1. The highest BCUT2D eigenvalue weighted by Gasteiger charge is 2.20. The number of rotatable bonds is 9. The van der Waals surface area contributed by atoms with Crippen molar-refractivity contribution < 1.29 is 24.5 Å². The number of carboxylic acid groups (broad SMARTS) is 1. The summed E-state index contributed by atoms with van der Waals surface area (Å²) in [5, 5.41) is 23.9. The number of phenolic OH excluding ortho intramolecular Hbond substituents is 1. The fourth-order valence-corrected chi connectivity index (χ4v) is 1.71. The maximum atomic E-state index is 11.8. The number of aliphatic carboxylic acids is 1. The molecule has 1 amide bonds. The van der Waals surface area contributed by atoms with E-state index in [9.17, 15) is 14.7 Å². The van der Waals surface area contributed by atoms with E-state index in [1.807, 2.05) is 0 Å². The van der Waals surface area contributed by atoms with Gasteiger partial charge < -0.3 is 25.6 Å². The summed E-state index contributed by atoms with van der Waals surface area (Å²) < 4.78 is 4.86. The quantitative estimate of drug-likeness (QED) is 0.396. The Morgan fingerprint density at radius 3 is 2.67 bits per heavy atom. The number of amides is 1. The Morgan fingerprint density at radius 2 is 2.05 bits per heavy atom. The summed E-state index contributed by atoms with van der Waals surface area (Å²) >= 11 is 0. The zero-order valence-corrected chi connectivity index (χ0v) is 11.8. The summed E-state index contributed by atoms with van der Waals surface area (Å²) in [5.74, 6) is -1.64. The summed E-state index contributed by atoms with van der Waals surface area (Å²) in [6.45, 7) is 0.956. The first-order chi connectivity index (χ1) is 10.0. The van der Waals surface area contributed by atoms with Gasteiger partial charge in [-0.25, -0.2) is 0 Å². The lowest BCUT2D eigenvalue weighted by molar-refractivity contribution is -0.141. The average Bonchev–Trinajstić information content (AvgIpc) is 2.44. The van der Waals surface area contributed by atoms with Gasteiger partial charge in [-0.05, 0) is 25.1 Å². The van der Waals surface area contributed by atoms with Crippen LogP contribution in [0.2, 0.25) is 0 Å². The zero-order chi connectivity index (χ0) is 15.7. The van der Waals surface area contributed by atoms with E-state index in [4.69, 9.17) is 9.84 Å². The van der Waals surface area contributed by atoms with Gasteiger partial charge in [0.1, 0.15) is 11.8 Å². The van der Waals surface area contributed by atoms with Crippen LogP contribution in [0.25, 0.3) is 0 Å². The molecule has 7 heteroatoms. The molecule has 1 aromatic rings. The Morgan fingerprint density at radius 1 is 1.33 bits per heavy atom. The standard InChI is InChI=1S/C14H20N2O5/c1-21-8-4-7-15-11(14(19)20)9-13(18)16-10-5-2-3-6-12(10)17/h2-3,5-6,11,15,17H,4,7-9H2,1H3,(H,16,18)(H,19,20)/t11-/m1/s1. The van der Waals surface area contributed by atoms with Crippen molar-refractivity contribution >= 4 is 17.6 Å². The van der Waals surface area contributed by atoms with Crippen LogP contribution in [0, 0.1) is 0 Å². The summed E-state index contributed by atoms with van der Waals surface area (Å²) in [7, 11) is 1.56. The summed E-state index contributed by atoms with van der Waals surface area (Å²) in [6.07, 6.45) is 0.429. The molecule has 0 saturated carbocycles. The number of phenols is 1. The van der Waals surface area contributed by atoms with Gasteiger partial charge in [0.15, 0.2) is 0 Å². The number of aromatic hydroxyl groups is 1. The molecular formula is C14H20N2O5. The number of anilines is 1. The molecule has 1 aromatic carbocycles. The van der Waals surface area contributed by atoms with E-state index in [1.54, 1.807) is 19.2 Å². The molecule has 0 aliphatic rings. The summed E-state index contributed by atoms with van der Waals surface area (Å²) in [4.78, 5) is 22.9. The van der Waals surface area contributed by atoms with Crippen LogP contribution in [0.4, 0.5) is 5.69 Å². The van der Waals surface area contributed by atoms with Gasteiger partial charge in [0.2, 0.25) is 5.91 Å². The van der Waals surface area contributed by atoms with Gasteiger partial charge in [-0.15, -0.1) is 0 Å². The van der Waals surface area contributed by atoms with Crippen LogP contribution in [0.15, 0.2) is 24.3 Å². The number of carboxylic acids is 1. The third-order valence-corrected chi connectivity index (χ3v) is 2.78. The van der Waals surface area contributed by atoms with E-state index in [0.717, 1.165) is 0 Å². The molecule has 116 valence electrons. The first-order valence-corrected chi connectivity index (χ1v) is 6.57. The van der Waals surface area contributed by atoms with Crippen molar-refractivity contribution in [3.63, 3.8) is 0 Å². The molecule has 0 aliphatic heterocycles. The molecule has 0 unspecified atom stereocenters. The van der Waals surface area contributed by atoms with Gasteiger partial charge in [0.25, 0.3) is 0 Å². The lowest BCUT2D eigenvalue weighted by Gasteiger charge is -2.14. The van der Waals surface area contributed by atoms with Crippen LogP contribution >= 0.6 is 0 Å². The number of nitrogens with one attached hydrogen (secondary N) is 2. The maximum absolute atomic E-state index is 11.8. The fourth-order valence-electron chi connectivity index (χ4n) is 1.71. The van der Waals surface area contributed by atoms with Gasteiger partial charge in [-0.2, -0.15) is 0 Å². The molecular weight excluding hydrogens is 276 g/mol. The number of carbonyl (C=O) groups is 2. The number of hydrogen-bond donors (Lipinski definition) is 4. The van der Waals surface area contributed by atoms with Crippen LogP contribution in [0.1, 0.15) is 12.8 Å². The maximum Gasteiger partial charge on any atom is 0.321 e. The smallest absolute Gasteiger partial charge is 0.321 e. The second-order valence-electron chi connectivity index (χ2n) is 4.46. The monoisotopic (exact) mass is 296 g/mol. The van der Waals surface area contributed by atoms with Crippen molar-refractivity contribution in [3.05, 3.63) is 24.3 Å². The number of para-hydroxylation sites is 2. The van der Waals surface area contributed by atoms with Crippen LogP contribution in [0.3, 0.4) is 0 Å². The average molecular weight is 296 g/mol. The van der Waals surface area contributed by atoms with E-state index >= 15 is 0 Å². The van der Waals surface area contributed by atoms with Gasteiger partial charge >= 0.3 is 5.97 Å². The molecule has 0 heterocycles. The van der Waals surface area contributed by atoms with E-state index in [1.165, 1.54) is 12.1 Å². The van der Waals surface area contributed by atoms with Crippen molar-refractivity contribution in [1.82, 2.24) is 5.32 Å². The van der Waals surface area contributed by atoms with Crippen molar-refractivity contribution in [3.8, 4) is 5.75 Å². The molecule has 0 radical (unpaired) electrons. The van der Waals surface area contributed by atoms with Gasteiger partial charge in [0.05, 0.1) is 12.1 Å². The van der Waals surface area contributed by atoms with Crippen LogP contribution < -0.4 is 10.6 Å². The van der Waals surface area contributed by atoms with Crippen LogP contribution in [0.5, 0.6) is 5.75 Å². The highest BCUT2D eigenvalue weighted by atomic mass is 16.5. The minimum atomic E-state index is -1.10. The Bertz CT molecular complexity index is 478. The zero-order valence-electron chi connectivity index (χ0n) is 11.8. The predicted molar refractivity (Wildman–Crippen MR) is 77.3 cm³/mol. The second-order valence-corrected chi connectivity index (χ2v) is 4.46. The van der Waals surface area contributed by atoms with Crippen molar-refractivity contribution in [2.75, 3.05) is 25.6 Å². The van der Waals surface area contributed by atoms with E-state index in [-0.39, 0.29) is 17.9 Å². The molecule has 1 atom stereocenters. The first kappa shape index (κ1) is 16.9. The number of benzene rings is 1.